The molecule has 0 atom stereocenters. The smallest absolute Gasteiger partial charge is 0.154 e. The molecule has 2 rings (SSSR count). The van der Waals surface area contributed by atoms with Gasteiger partial charge in [0, 0.05) is 18.0 Å². The molecule has 86 valence electrons. The predicted molar refractivity (Wildman–Crippen MR) is 73.0 cm³/mol. The Labute approximate surface area is 106 Å². The topological polar surface area (TPSA) is 30.1 Å². The van der Waals surface area contributed by atoms with Gasteiger partial charge in [-0.05, 0) is 11.1 Å². The summed E-state index contributed by atoms with van der Waals surface area (Å²) in [6.45, 7) is 6.76. The molecule has 1 aromatic carbocycles. The summed E-state index contributed by atoms with van der Waals surface area (Å²) in [6, 6.07) is 7.90. The van der Waals surface area contributed by atoms with Gasteiger partial charge in [0.15, 0.2) is 6.20 Å². The van der Waals surface area contributed by atoms with Crippen molar-refractivity contribution in [3.8, 4) is 0 Å². The lowest BCUT2D eigenvalue weighted by molar-refractivity contribution is 1.16. The van der Waals surface area contributed by atoms with Crippen LogP contribution in [0.4, 0.5) is 0 Å². The third-order valence-electron chi connectivity index (χ3n) is 2.36. The third kappa shape index (κ3) is 3.13. The fourth-order valence-corrected chi connectivity index (χ4v) is 1.51. The zero-order valence-corrected chi connectivity index (χ0v) is 9.69. The van der Waals surface area contributed by atoms with E-state index >= 15 is 0 Å². The molecule has 1 heterocycles. The molecule has 0 fully saturated rings. The number of rotatable bonds is 3. The minimum Gasteiger partial charge on any atom is -0.246 e. The second-order valence-electron chi connectivity index (χ2n) is 3.58. The second-order valence-corrected chi connectivity index (χ2v) is 3.58. The van der Waals surface area contributed by atoms with Crippen molar-refractivity contribution < 1.29 is 0 Å². The van der Waals surface area contributed by atoms with Crippen molar-refractivity contribution in [2.45, 2.75) is 0 Å². The first kappa shape index (κ1) is 11.7. The molecule has 1 aromatic heterocycles. The molecular formula is C15H11N3. The normalized spacial score (nSPS) is 10.8. The maximum Gasteiger partial charge on any atom is 0.154 e. The fourth-order valence-electron chi connectivity index (χ4n) is 1.51. The molecule has 0 saturated heterocycles. The van der Waals surface area contributed by atoms with E-state index in [1.165, 1.54) is 12.5 Å². The van der Waals surface area contributed by atoms with Crippen LogP contribution in [0, 0.1) is 6.57 Å². The summed E-state index contributed by atoms with van der Waals surface area (Å²) in [4.78, 5) is 11.1. The van der Waals surface area contributed by atoms with Gasteiger partial charge in [-0.25, -0.2) is 14.8 Å². The summed E-state index contributed by atoms with van der Waals surface area (Å²) in [5.74, 6) is 0. The highest BCUT2D eigenvalue weighted by atomic mass is 14.8. The van der Waals surface area contributed by atoms with Crippen LogP contribution in [0.3, 0.4) is 0 Å². The van der Waals surface area contributed by atoms with Crippen molar-refractivity contribution >= 4 is 18.2 Å². The SMILES string of the molecule is [C-]#[N+]/C=C/c1ccccc1/C=C/c1cncnc1. The van der Waals surface area contributed by atoms with Gasteiger partial charge in [0.2, 0.25) is 0 Å². The lowest BCUT2D eigenvalue weighted by Gasteiger charge is -1.99. The highest BCUT2D eigenvalue weighted by Gasteiger charge is 1.93. The van der Waals surface area contributed by atoms with Crippen LogP contribution in [0.5, 0.6) is 0 Å². The van der Waals surface area contributed by atoms with E-state index in [9.17, 15) is 0 Å². The Morgan fingerprint density at radius 2 is 1.61 bits per heavy atom. The second kappa shape index (κ2) is 6.12. The molecule has 0 amide bonds. The molecule has 0 aliphatic heterocycles. The Morgan fingerprint density at radius 3 is 2.28 bits per heavy atom. The van der Waals surface area contributed by atoms with E-state index in [4.69, 9.17) is 6.57 Å². The Balaban J connectivity index is 2.27. The Morgan fingerprint density at radius 1 is 0.944 bits per heavy atom. The number of benzene rings is 1. The summed E-state index contributed by atoms with van der Waals surface area (Å²) in [6.07, 6.45) is 12.2. The minimum atomic E-state index is 0.946. The van der Waals surface area contributed by atoms with Gasteiger partial charge < -0.3 is 0 Å². The first-order chi connectivity index (χ1) is 8.90. The predicted octanol–water partition coefficient (Wildman–Crippen LogP) is 3.54. The summed E-state index contributed by atoms with van der Waals surface area (Å²) >= 11 is 0. The Hall–Kier alpha value is -2.73. The monoisotopic (exact) mass is 233 g/mol. The highest BCUT2D eigenvalue weighted by molar-refractivity contribution is 5.74. The number of aromatic nitrogens is 2. The summed E-state index contributed by atoms with van der Waals surface area (Å²) in [7, 11) is 0. The molecule has 0 N–H and O–H groups in total. The third-order valence-corrected chi connectivity index (χ3v) is 2.36. The average Bonchev–Trinajstić information content (AvgIpc) is 2.45. The largest absolute Gasteiger partial charge is 0.246 e. The first-order valence-electron chi connectivity index (χ1n) is 5.45. The standard InChI is InChI=1S/C15H11N3/c1-16-9-8-15-5-3-2-4-14(15)7-6-13-10-17-12-18-11-13/h2-12H/b7-6+,9-8+. The maximum atomic E-state index is 6.76. The van der Waals surface area contributed by atoms with Crippen LogP contribution in [0.2, 0.25) is 0 Å². The maximum absolute atomic E-state index is 6.76. The van der Waals surface area contributed by atoms with Crippen LogP contribution in [0.1, 0.15) is 16.7 Å². The summed E-state index contributed by atoms with van der Waals surface area (Å²) in [5, 5.41) is 0. The molecule has 0 aliphatic carbocycles. The van der Waals surface area contributed by atoms with Crippen LogP contribution in [0.15, 0.2) is 49.2 Å². The van der Waals surface area contributed by atoms with Gasteiger partial charge in [-0.15, -0.1) is 0 Å². The van der Waals surface area contributed by atoms with E-state index < -0.39 is 0 Å². The minimum absolute atomic E-state index is 0.946. The number of hydrogen-bond acceptors (Lipinski definition) is 2. The fraction of sp³-hybridized carbons (Fsp3) is 0. The molecule has 2 aromatic rings. The van der Waals surface area contributed by atoms with E-state index in [-0.39, 0.29) is 0 Å². The van der Waals surface area contributed by atoms with Crippen LogP contribution in [-0.2, 0) is 0 Å². The van der Waals surface area contributed by atoms with Crippen molar-refractivity contribution in [3.05, 3.63) is 77.3 Å². The van der Waals surface area contributed by atoms with E-state index in [1.54, 1.807) is 18.5 Å². The molecule has 3 nitrogen and oxygen atoms in total. The molecule has 0 aliphatic rings. The average molecular weight is 233 g/mol. The first-order valence-corrected chi connectivity index (χ1v) is 5.45. The van der Waals surface area contributed by atoms with Crippen LogP contribution in [-0.4, -0.2) is 9.97 Å². The van der Waals surface area contributed by atoms with E-state index in [2.05, 4.69) is 14.8 Å². The highest BCUT2D eigenvalue weighted by Crippen LogP contribution is 2.14. The van der Waals surface area contributed by atoms with E-state index in [0.717, 1.165) is 16.7 Å². The number of nitrogens with zero attached hydrogens (tertiary/aromatic N) is 3. The van der Waals surface area contributed by atoms with Crippen molar-refractivity contribution in [3.63, 3.8) is 0 Å². The van der Waals surface area contributed by atoms with Crippen molar-refractivity contribution in [1.29, 1.82) is 0 Å². The summed E-state index contributed by atoms with van der Waals surface area (Å²) in [5.41, 5.74) is 3.02. The Kier molecular flexibility index (Phi) is 3.99. The molecule has 0 unspecified atom stereocenters. The number of hydrogen-bond donors (Lipinski definition) is 0. The molecule has 0 bridgehead atoms. The summed E-state index contributed by atoms with van der Waals surface area (Å²) < 4.78 is 0. The van der Waals surface area contributed by atoms with E-state index in [1.807, 2.05) is 36.4 Å². The Bertz CT molecular complexity index is 607. The van der Waals surface area contributed by atoms with Crippen molar-refractivity contribution in [2.24, 2.45) is 0 Å². The van der Waals surface area contributed by atoms with Crippen molar-refractivity contribution in [2.75, 3.05) is 0 Å². The van der Waals surface area contributed by atoms with Gasteiger partial charge in [-0.2, -0.15) is 0 Å². The van der Waals surface area contributed by atoms with Crippen LogP contribution >= 0.6 is 0 Å². The quantitative estimate of drug-likeness (QED) is 0.759. The molecule has 18 heavy (non-hydrogen) atoms. The lowest BCUT2D eigenvalue weighted by atomic mass is 10.1. The molecule has 0 saturated carbocycles. The molecular weight excluding hydrogens is 222 g/mol. The van der Waals surface area contributed by atoms with Gasteiger partial charge in [0.25, 0.3) is 0 Å². The van der Waals surface area contributed by atoms with Gasteiger partial charge in [0.05, 0.1) is 6.57 Å². The zero-order chi connectivity index (χ0) is 12.6. The zero-order valence-electron chi connectivity index (χ0n) is 9.69. The van der Waals surface area contributed by atoms with Crippen LogP contribution < -0.4 is 0 Å². The van der Waals surface area contributed by atoms with Gasteiger partial charge in [0.1, 0.15) is 6.33 Å². The molecule has 3 heteroatoms. The van der Waals surface area contributed by atoms with Gasteiger partial charge >= 0.3 is 0 Å². The van der Waals surface area contributed by atoms with Crippen molar-refractivity contribution in [1.82, 2.24) is 9.97 Å². The van der Waals surface area contributed by atoms with Gasteiger partial charge in [-0.3, -0.25) is 0 Å². The van der Waals surface area contributed by atoms with Crippen LogP contribution in [0.25, 0.3) is 23.1 Å². The van der Waals surface area contributed by atoms with E-state index in [0.29, 0.717) is 0 Å². The molecule has 0 spiro atoms. The molecule has 0 radical (unpaired) electrons. The van der Waals surface area contributed by atoms with Gasteiger partial charge in [-0.1, -0.05) is 42.5 Å². The lowest BCUT2D eigenvalue weighted by Crippen LogP contribution is -1.81.